The summed E-state index contributed by atoms with van der Waals surface area (Å²) in [5, 5.41) is 7.66. The van der Waals surface area contributed by atoms with E-state index in [0.29, 0.717) is 12.0 Å². The lowest BCUT2D eigenvalue weighted by Crippen LogP contribution is -2.34. The highest BCUT2D eigenvalue weighted by Crippen LogP contribution is 2.31. The summed E-state index contributed by atoms with van der Waals surface area (Å²) in [6.45, 7) is 5.60. The zero-order valence-electron chi connectivity index (χ0n) is 10.6. The average Bonchev–Trinajstić information content (AvgIpc) is 2.77. The summed E-state index contributed by atoms with van der Waals surface area (Å²) >= 11 is 0. The fraction of sp³-hybridized carbons (Fsp3) is 0.500. The highest BCUT2D eigenvalue weighted by Gasteiger charge is 2.28. The molecule has 0 radical (unpaired) electrons. The third-order valence-corrected chi connectivity index (χ3v) is 3.57. The van der Waals surface area contributed by atoms with E-state index >= 15 is 0 Å². The molecule has 3 N–H and O–H groups in total. The Balaban J connectivity index is 2.36. The van der Waals surface area contributed by atoms with E-state index in [9.17, 15) is 0 Å². The molecule has 0 aromatic heterocycles. The topological polar surface area (TPSA) is 53.1 Å². The number of amidine groups is 1. The summed E-state index contributed by atoms with van der Waals surface area (Å²) in [6.07, 6.45) is 2.47. The lowest BCUT2D eigenvalue weighted by Gasteiger charge is -2.31. The van der Waals surface area contributed by atoms with Gasteiger partial charge in [-0.3, -0.25) is 5.41 Å². The first kappa shape index (κ1) is 12.0. The minimum atomic E-state index is 0.162. The van der Waals surface area contributed by atoms with E-state index in [0.717, 1.165) is 17.8 Å². The van der Waals surface area contributed by atoms with Gasteiger partial charge in [0.25, 0.3) is 0 Å². The van der Waals surface area contributed by atoms with Crippen molar-refractivity contribution in [1.82, 2.24) is 0 Å². The summed E-state index contributed by atoms with van der Waals surface area (Å²) in [7, 11) is 0. The van der Waals surface area contributed by atoms with Gasteiger partial charge in [-0.05, 0) is 30.9 Å². The normalized spacial score (nSPS) is 19.9. The Morgan fingerprint density at radius 2 is 2.12 bits per heavy atom. The van der Waals surface area contributed by atoms with Crippen LogP contribution < -0.4 is 10.6 Å². The number of nitrogens with two attached hydrogens (primary N) is 1. The lowest BCUT2D eigenvalue weighted by atomic mass is 10.0. The average molecular weight is 231 g/mol. The van der Waals surface area contributed by atoms with Crippen molar-refractivity contribution in [2.24, 2.45) is 11.7 Å². The molecule has 0 spiro atoms. The van der Waals surface area contributed by atoms with Crippen molar-refractivity contribution in [3.05, 3.63) is 29.8 Å². The highest BCUT2D eigenvalue weighted by molar-refractivity contribution is 6.00. The Labute approximate surface area is 103 Å². The van der Waals surface area contributed by atoms with Gasteiger partial charge in [-0.2, -0.15) is 0 Å². The summed E-state index contributed by atoms with van der Waals surface area (Å²) in [4.78, 5) is 2.42. The Morgan fingerprint density at radius 3 is 2.76 bits per heavy atom. The minimum absolute atomic E-state index is 0.162. The molecule has 1 heterocycles. The second-order valence-electron chi connectivity index (χ2n) is 5.08. The number of rotatable bonds is 3. The van der Waals surface area contributed by atoms with Crippen molar-refractivity contribution in [1.29, 1.82) is 5.41 Å². The first-order valence-corrected chi connectivity index (χ1v) is 6.31. The van der Waals surface area contributed by atoms with Crippen LogP contribution in [0.4, 0.5) is 5.69 Å². The monoisotopic (exact) mass is 231 g/mol. The van der Waals surface area contributed by atoms with Crippen molar-refractivity contribution in [3.63, 3.8) is 0 Å². The van der Waals surface area contributed by atoms with E-state index in [2.05, 4.69) is 24.8 Å². The highest BCUT2D eigenvalue weighted by atomic mass is 15.2. The second-order valence-corrected chi connectivity index (χ2v) is 5.08. The van der Waals surface area contributed by atoms with Crippen LogP contribution in [0.5, 0.6) is 0 Å². The van der Waals surface area contributed by atoms with Crippen LogP contribution in [0.1, 0.15) is 32.3 Å². The summed E-state index contributed by atoms with van der Waals surface area (Å²) in [5.41, 5.74) is 7.64. The van der Waals surface area contributed by atoms with Gasteiger partial charge in [-0.1, -0.05) is 26.0 Å². The molecular weight excluding hydrogens is 210 g/mol. The smallest absolute Gasteiger partial charge is 0.124 e. The number of hydrogen-bond donors (Lipinski definition) is 2. The number of hydrogen-bond acceptors (Lipinski definition) is 2. The molecule has 92 valence electrons. The van der Waals surface area contributed by atoms with Crippen molar-refractivity contribution in [3.8, 4) is 0 Å². The van der Waals surface area contributed by atoms with Crippen LogP contribution in [0.25, 0.3) is 0 Å². The molecule has 17 heavy (non-hydrogen) atoms. The molecule has 1 saturated heterocycles. The van der Waals surface area contributed by atoms with Gasteiger partial charge >= 0.3 is 0 Å². The van der Waals surface area contributed by atoms with Gasteiger partial charge in [0.15, 0.2) is 0 Å². The van der Waals surface area contributed by atoms with Crippen LogP contribution in [0.2, 0.25) is 0 Å². The van der Waals surface area contributed by atoms with Crippen LogP contribution in [-0.4, -0.2) is 18.4 Å². The Kier molecular flexibility index (Phi) is 3.36. The predicted octanol–water partition coefficient (Wildman–Crippen LogP) is 2.60. The molecule has 1 unspecified atom stereocenters. The fourth-order valence-corrected chi connectivity index (χ4v) is 2.74. The van der Waals surface area contributed by atoms with Crippen LogP contribution in [0.15, 0.2) is 24.3 Å². The maximum absolute atomic E-state index is 7.66. The third-order valence-electron chi connectivity index (χ3n) is 3.57. The molecule has 2 rings (SSSR count). The zero-order chi connectivity index (χ0) is 12.4. The first-order chi connectivity index (χ1) is 8.11. The van der Waals surface area contributed by atoms with E-state index in [1.165, 1.54) is 12.8 Å². The Bertz CT molecular complexity index is 412. The van der Waals surface area contributed by atoms with Crippen LogP contribution >= 0.6 is 0 Å². The van der Waals surface area contributed by atoms with Gasteiger partial charge in [0, 0.05) is 23.8 Å². The minimum Gasteiger partial charge on any atom is -0.384 e. The fourth-order valence-electron chi connectivity index (χ4n) is 2.74. The van der Waals surface area contributed by atoms with Crippen molar-refractivity contribution in [2.75, 3.05) is 11.4 Å². The van der Waals surface area contributed by atoms with Gasteiger partial charge in [0.2, 0.25) is 0 Å². The van der Waals surface area contributed by atoms with Crippen LogP contribution in [0, 0.1) is 11.3 Å². The molecular formula is C14H21N3. The number of nitrogens with one attached hydrogen (secondary N) is 1. The SMILES string of the molecule is CC(C)C1CCCN1c1ccccc1C(=N)N. The molecule has 1 aliphatic heterocycles. The van der Waals surface area contributed by atoms with E-state index in [-0.39, 0.29) is 5.84 Å². The number of para-hydroxylation sites is 1. The molecule has 0 bridgehead atoms. The molecule has 0 saturated carbocycles. The third kappa shape index (κ3) is 2.28. The number of nitrogen functional groups attached to an aromatic ring is 1. The maximum Gasteiger partial charge on any atom is 0.124 e. The number of nitrogens with zero attached hydrogens (tertiary/aromatic N) is 1. The standard InChI is InChI=1S/C14H21N3/c1-10(2)12-8-5-9-17(12)13-7-4-3-6-11(13)14(15)16/h3-4,6-7,10,12H,5,8-9H2,1-2H3,(H3,15,16). The molecule has 1 aromatic rings. The molecule has 1 aromatic carbocycles. The molecule has 0 amide bonds. The largest absolute Gasteiger partial charge is 0.384 e. The van der Waals surface area contributed by atoms with Crippen molar-refractivity contribution in [2.45, 2.75) is 32.7 Å². The zero-order valence-corrected chi connectivity index (χ0v) is 10.6. The molecule has 1 aliphatic rings. The van der Waals surface area contributed by atoms with E-state index in [4.69, 9.17) is 11.1 Å². The summed E-state index contributed by atoms with van der Waals surface area (Å²) in [5.74, 6) is 0.799. The van der Waals surface area contributed by atoms with Crippen LogP contribution in [0.3, 0.4) is 0 Å². The maximum atomic E-state index is 7.66. The van der Waals surface area contributed by atoms with E-state index in [1.54, 1.807) is 0 Å². The number of anilines is 1. The van der Waals surface area contributed by atoms with E-state index < -0.39 is 0 Å². The van der Waals surface area contributed by atoms with Gasteiger partial charge in [0.05, 0.1) is 0 Å². The Morgan fingerprint density at radius 1 is 1.41 bits per heavy atom. The quantitative estimate of drug-likeness (QED) is 0.620. The summed E-state index contributed by atoms with van der Waals surface area (Å²) in [6, 6.07) is 8.57. The van der Waals surface area contributed by atoms with Gasteiger partial charge in [0.1, 0.15) is 5.84 Å². The molecule has 1 fully saturated rings. The lowest BCUT2D eigenvalue weighted by molar-refractivity contribution is 0.492. The van der Waals surface area contributed by atoms with E-state index in [1.807, 2.05) is 18.2 Å². The van der Waals surface area contributed by atoms with Gasteiger partial charge in [-0.15, -0.1) is 0 Å². The van der Waals surface area contributed by atoms with Gasteiger partial charge < -0.3 is 10.6 Å². The van der Waals surface area contributed by atoms with Crippen molar-refractivity contribution < 1.29 is 0 Å². The van der Waals surface area contributed by atoms with Crippen molar-refractivity contribution >= 4 is 11.5 Å². The molecule has 0 aliphatic carbocycles. The molecule has 3 nitrogen and oxygen atoms in total. The summed E-state index contributed by atoms with van der Waals surface area (Å²) < 4.78 is 0. The second kappa shape index (κ2) is 4.78. The van der Waals surface area contributed by atoms with Gasteiger partial charge in [-0.25, -0.2) is 0 Å². The predicted molar refractivity (Wildman–Crippen MR) is 72.7 cm³/mol. The molecule has 1 atom stereocenters. The molecule has 3 heteroatoms. The first-order valence-electron chi connectivity index (χ1n) is 6.31. The Hall–Kier alpha value is -1.51. The van der Waals surface area contributed by atoms with Crippen LogP contribution in [-0.2, 0) is 0 Å². The number of benzene rings is 1.